The van der Waals surface area contributed by atoms with Crippen molar-refractivity contribution < 1.29 is 4.79 Å². The second-order valence-corrected chi connectivity index (χ2v) is 4.27. The van der Waals surface area contributed by atoms with Crippen molar-refractivity contribution in [2.24, 2.45) is 0 Å². The van der Waals surface area contributed by atoms with Crippen LogP contribution in [-0.4, -0.2) is 5.78 Å². The molecule has 0 saturated carbocycles. The Morgan fingerprint density at radius 2 is 1.69 bits per heavy atom. The summed E-state index contributed by atoms with van der Waals surface area (Å²) in [6, 6.07) is 14.0. The Morgan fingerprint density at radius 3 is 2.56 bits per heavy atom. The van der Waals surface area contributed by atoms with E-state index in [4.69, 9.17) is 0 Å². The van der Waals surface area contributed by atoms with Crippen LogP contribution < -0.4 is 0 Å². The lowest BCUT2D eigenvalue weighted by atomic mass is 9.83. The number of rotatable bonds is 0. The van der Waals surface area contributed by atoms with Crippen LogP contribution in [0, 0.1) is 6.92 Å². The molecule has 0 aromatic heterocycles. The van der Waals surface area contributed by atoms with E-state index in [0.29, 0.717) is 0 Å². The first-order chi connectivity index (χ1) is 7.77. The summed E-state index contributed by atoms with van der Waals surface area (Å²) in [4.78, 5) is 12.3. The Morgan fingerprint density at radius 1 is 0.938 bits per heavy atom. The fraction of sp³-hybridized carbons (Fsp3) is 0.133. The molecule has 0 spiro atoms. The molecule has 0 atom stereocenters. The molecule has 2 aromatic carbocycles. The zero-order valence-corrected chi connectivity index (χ0v) is 9.16. The summed E-state index contributed by atoms with van der Waals surface area (Å²) in [5.41, 5.74) is 5.15. The highest BCUT2D eigenvalue weighted by Crippen LogP contribution is 2.28. The van der Waals surface area contributed by atoms with Gasteiger partial charge in [-0.05, 0) is 30.0 Å². The number of aryl methyl sites for hydroxylation is 1. The summed E-state index contributed by atoms with van der Waals surface area (Å²) in [6.07, 6.45) is 0.874. The van der Waals surface area contributed by atoms with Crippen LogP contribution in [0.15, 0.2) is 42.5 Å². The number of carbonyl (C=O) groups is 1. The van der Waals surface area contributed by atoms with Gasteiger partial charge >= 0.3 is 0 Å². The number of carbonyl (C=O) groups excluding carboxylic acids is 1. The summed E-state index contributed by atoms with van der Waals surface area (Å²) in [7, 11) is 0. The van der Waals surface area contributed by atoms with Gasteiger partial charge in [-0.15, -0.1) is 0 Å². The molecule has 0 unspecified atom stereocenters. The lowest BCUT2D eigenvalue weighted by Crippen LogP contribution is -2.16. The molecule has 1 aliphatic carbocycles. The zero-order chi connectivity index (χ0) is 11.1. The van der Waals surface area contributed by atoms with E-state index in [1.165, 1.54) is 0 Å². The SMILES string of the molecule is Cc1cccc2c1C(=O)c1ccccc1C2. The minimum absolute atomic E-state index is 0.176. The molecule has 0 amide bonds. The van der Waals surface area contributed by atoms with Crippen molar-refractivity contribution in [3.8, 4) is 0 Å². The van der Waals surface area contributed by atoms with Crippen LogP contribution in [0.2, 0.25) is 0 Å². The fourth-order valence-electron chi connectivity index (χ4n) is 2.44. The molecular formula is C15H12O. The van der Waals surface area contributed by atoms with Gasteiger partial charge in [0.25, 0.3) is 0 Å². The molecule has 0 heterocycles. The second-order valence-electron chi connectivity index (χ2n) is 4.27. The van der Waals surface area contributed by atoms with Gasteiger partial charge < -0.3 is 0 Å². The van der Waals surface area contributed by atoms with E-state index in [9.17, 15) is 4.79 Å². The maximum absolute atomic E-state index is 12.3. The maximum Gasteiger partial charge on any atom is 0.193 e. The highest BCUT2D eigenvalue weighted by molar-refractivity contribution is 6.13. The van der Waals surface area contributed by atoms with Crippen molar-refractivity contribution in [3.05, 3.63) is 70.3 Å². The van der Waals surface area contributed by atoms with Crippen molar-refractivity contribution in [3.63, 3.8) is 0 Å². The van der Waals surface area contributed by atoms with Crippen molar-refractivity contribution in [2.45, 2.75) is 13.3 Å². The van der Waals surface area contributed by atoms with Crippen LogP contribution in [-0.2, 0) is 6.42 Å². The molecule has 0 N–H and O–H groups in total. The van der Waals surface area contributed by atoms with Crippen LogP contribution in [0.3, 0.4) is 0 Å². The first-order valence-electron chi connectivity index (χ1n) is 5.48. The fourth-order valence-corrected chi connectivity index (χ4v) is 2.44. The van der Waals surface area contributed by atoms with Gasteiger partial charge in [0.2, 0.25) is 0 Å². The standard InChI is InChI=1S/C15H12O/c1-10-5-4-7-12-9-11-6-2-3-8-13(11)15(16)14(10)12/h2-8H,9H2,1H3. The van der Waals surface area contributed by atoms with Crippen molar-refractivity contribution in [2.75, 3.05) is 0 Å². The molecule has 0 saturated heterocycles. The Kier molecular flexibility index (Phi) is 1.93. The largest absolute Gasteiger partial charge is 0.289 e. The van der Waals surface area contributed by atoms with Gasteiger partial charge in [-0.25, -0.2) is 0 Å². The van der Waals surface area contributed by atoms with Crippen LogP contribution in [0.1, 0.15) is 32.6 Å². The van der Waals surface area contributed by atoms with Gasteiger partial charge in [-0.2, -0.15) is 0 Å². The molecular weight excluding hydrogens is 196 g/mol. The van der Waals surface area contributed by atoms with Gasteiger partial charge in [0.15, 0.2) is 5.78 Å². The first-order valence-corrected chi connectivity index (χ1v) is 5.48. The number of ketones is 1. The number of hydrogen-bond acceptors (Lipinski definition) is 1. The topological polar surface area (TPSA) is 17.1 Å². The van der Waals surface area contributed by atoms with E-state index in [-0.39, 0.29) is 5.78 Å². The third kappa shape index (κ3) is 1.21. The summed E-state index contributed by atoms with van der Waals surface area (Å²) in [5.74, 6) is 0.176. The molecule has 1 aliphatic rings. The van der Waals surface area contributed by atoms with Crippen molar-refractivity contribution >= 4 is 5.78 Å². The normalized spacial score (nSPS) is 13.2. The zero-order valence-electron chi connectivity index (χ0n) is 9.16. The van der Waals surface area contributed by atoms with Crippen LogP contribution in [0.4, 0.5) is 0 Å². The summed E-state index contributed by atoms with van der Waals surface area (Å²) >= 11 is 0. The van der Waals surface area contributed by atoms with E-state index >= 15 is 0 Å². The smallest absolute Gasteiger partial charge is 0.193 e. The average Bonchev–Trinajstić information content (AvgIpc) is 2.29. The monoisotopic (exact) mass is 208 g/mol. The van der Waals surface area contributed by atoms with Gasteiger partial charge in [0.1, 0.15) is 0 Å². The Bertz CT molecular complexity index is 582. The Hall–Kier alpha value is -1.89. The van der Waals surface area contributed by atoms with Crippen molar-refractivity contribution in [1.29, 1.82) is 0 Å². The second kappa shape index (κ2) is 3.31. The molecule has 0 bridgehead atoms. The minimum Gasteiger partial charge on any atom is -0.289 e. The number of hydrogen-bond donors (Lipinski definition) is 0. The van der Waals surface area contributed by atoms with E-state index in [2.05, 4.69) is 6.07 Å². The lowest BCUT2D eigenvalue weighted by Gasteiger charge is -2.19. The molecule has 78 valence electrons. The van der Waals surface area contributed by atoms with E-state index in [1.54, 1.807) is 0 Å². The third-order valence-corrected chi connectivity index (χ3v) is 3.23. The summed E-state index contributed by atoms with van der Waals surface area (Å²) < 4.78 is 0. The van der Waals surface area contributed by atoms with Crippen LogP contribution in [0.5, 0.6) is 0 Å². The molecule has 0 aliphatic heterocycles. The van der Waals surface area contributed by atoms with Crippen molar-refractivity contribution in [1.82, 2.24) is 0 Å². The maximum atomic E-state index is 12.3. The van der Waals surface area contributed by atoms with Gasteiger partial charge in [-0.1, -0.05) is 42.5 Å². The Balaban J connectivity index is 2.27. The highest BCUT2D eigenvalue weighted by Gasteiger charge is 2.23. The van der Waals surface area contributed by atoms with E-state index in [0.717, 1.165) is 34.2 Å². The molecule has 1 nitrogen and oxygen atoms in total. The van der Waals surface area contributed by atoms with E-state index < -0.39 is 0 Å². The highest BCUT2D eigenvalue weighted by atomic mass is 16.1. The lowest BCUT2D eigenvalue weighted by molar-refractivity contribution is 0.103. The van der Waals surface area contributed by atoms with Gasteiger partial charge in [0.05, 0.1) is 0 Å². The van der Waals surface area contributed by atoms with Gasteiger partial charge in [0, 0.05) is 11.1 Å². The quantitative estimate of drug-likeness (QED) is 0.554. The number of fused-ring (bicyclic) bond motifs is 2. The molecule has 0 fully saturated rings. The number of benzene rings is 2. The third-order valence-electron chi connectivity index (χ3n) is 3.23. The first kappa shape index (κ1) is 9.34. The average molecular weight is 208 g/mol. The van der Waals surface area contributed by atoms with Crippen LogP contribution in [0.25, 0.3) is 0 Å². The van der Waals surface area contributed by atoms with E-state index in [1.807, 2.05) is 43.3 Å². The Labute approximate surface area is 94.7 Å². The molecule has 2 aromatic rings. The molecule has 3 rings (SSSR count). The minimum atomic E-state index is 0.176. The van der Waals surface area contributed by atoms with Crippen LogP contribution >= 0.6 is 0 Å². The predicted molar refractivity (Wildman–Crippen MR) is 63.9 cm³/mol. The summed E-state index contributed by atoms with van der Waals surface area (Å²) in [6.45, 7) is 2.00. The molecule has 0 radical (unpaired) electrons. The molecule has 16 heavy (non-hydrogen) atoms. The van der Waals surface area contributed by atoms with Gasteiger partial charge in [-0.3, -0.25) is 4.79 Å². The summed E-state index contributed by atoms with van der Waals surface area (Å²) in [5, 5.41) is 0. The molecule has 1 heteroatoms. The predicted octanol–water partition coefficient (Wildman–Crippen LogP) is 3.13.